The van der Waals surface area contributed by atoms with E-state index in [2.05, 4.69) is 27.5 Å². The molecule has 37 valence electrons. The van der Waals surface area contributed by atoms with Crippen molar-refractivity contribution in [3.05, 3.63) is 5.76 Å². The summed E-state index contributed by atoms with van der Waals surface area (Å²) in [7, 11) is 0. The molecule has 3 nitrogen and oxygen atoms in total. The standard InChI is InChI=1S/C3H3N2OS/c1-2-3(7)4-5-6-2/h1H3. The molecule has 1 aromatic heterocycles. The monoisotopic (exact) mass is 115 g/mol. The zero-order valence-electron chi connectivity index (χ0n) is 3.71. The van der Waals surface area contributed by atoms with Gasteiger partial charge >= 0.3 is 0 Å². The van der Waals surface area contributed by atoms with Gasteiger partial charge < -0.3 is 4.52 Å². The summed E-state index contributed by atoms with van der Waals surface area (Å²) >= 11 is 4.62. The molecule has 0 aliphatic carbocycles. The van der Waals surface area contributed by atoms with Crippen LogP contribution in [0.1, 0.15) is 5.76 Å². The first-order valence-electron chi connectivity index (χ1n) is 1.76. The zero-order valence-corrected chi connectivity index (χ0v) is 4.53. The molecular formula is C3H3N2OS. The Kier molecular flexibility index (Phi) is 0.941. The van der Waals surface area contributed by atoms with Gasteiger partial charge in [0.2, 0.25) is 0 Å². The lowest BCUT2D eigenvalue weighted by atomic mass is 10.6. The molecule has 0 aromatic carbocycles. The van der Waals surface area contributed by atoms with Crippen LogP contribution in [0.4, 0.5) is 0 Å². The predicted octanol–water partition coefficient (Wildman–Crippen LogP) is 0.934. The van der Waals surface area contributed by atoms with Gasteiger partial charge in [-0.25, -0.2) is 0 Å². The quantitative estimate of drug-likeness (QED) is 0.505. The molecule has 1 radical (unpaired) electrons. The first-order valence-corrected chi connectivity index (χ1v) is 2.17. The lowest BCUT2D eigenvalue weighted by Crippen LogP contribution is -1.64. The van der Waals surface area contributed by atoms with Crippen LogP contribution in [0.5, 0.6) is 0 Å². The Balaban J connectivity index is 3.12. The van der Waals surface area contributed by atoms with Gasteiger partial charge in [0.25, 0.3) is 0 Å². The molecule has 0 amide bonds. The van der Waals surface area contributed by atoms with E-state index in [1.807, 2.05) is 0 Å². The molecular weight excluding hydrogens is 112 g/mol. The summed E-state index contributed by atoms with van der Waals surface area (Å²) < 4.78 is 4.50. The summed E-state index contributed by atoms with van der Waals surface area (Å²) in [6.07, 6.45) is 0. The largest absolute Gasteiger partial charge is 0.341 e. The number of rotatable bonds is 0. The molecule has 0 spiro atoms. The first kappa shape index (κ1) is 4.52. The summed E-state index contributed by atoms with van der Waals surface area (Å²) in [4.78, 5) is 0. The Morgan fingerprint density at radius 3 is 2.57 bits per heavy atom. The van der Waals surface area contributed by atoms with Crippen molar-refractivity contribution in [2.75, 3.05) is 0 Å². The second-order valence-corrected chi connectivity index (χ2v) is 1.52. The lowest BCUT2D eigenvalue weighted by molar-refractivity contribution is 0.373. The van der Waals surface area contributed by atoms with Crippen LogP contribution in [-0.2, 0) is 0 Å². The Morgan fingerprint density at radius 2 is 2.43 bits per heavy atom. The highest BCUT2D eigenvalue weighted by Gasteiger charge is 1.96. The highest BCUT2D eigenvalue weighted by Crippen LogP contribution is 2.04. The summed E-state index contributed by atoms with van der Waals surface area (Å²) in [5.41, 5.74) is 0. The summed E-state index contributed by atoms with van der Waals surface area (Å²) in [5.74, 6) is 0.606. The van der Waals surface area contributed by atoms with Crippen LogP contribution in [0.3, 0.4) is 0 Å². The summed E-state index contributed by atoms with van der Waals surface area (Å²) in [6.45, 7) is 1.72. The molecule has 0 aliphatic rings. The highest BCUT2D eigenvalue weighted by molar-refractivity contribution is 7.80. The van der Waals surface area contributed by atoms with Crippen molar-refractivity contribution < 1.29 is 4.52 Å². The second kappa shape index (κ2) is 1.46. The van der Waals surface area contributed by atoms with Crippen molar-refractivity contribution in [1.29, 1.82) is 0 Å². The minimum absolute atomic E-state index is 0.444. The van der Waals surface area contributed by atoms with Gasteiger partial charge in [-0.05, 0) is 6.92 Å². The van der Waals surface area contributed by atoms with Gasteiger partial charge in [0.05, 0.1) is 0 Å². The Bertz CT molecular complexity index is 145. The fourth-order valence-corrected chi connectivity index (χ4v) is 0.299. The minimum Gasteiger partial charge on any atom is -0.341 e. The molecule has 0 saturated carbocycles. The van der Waals surface area contributed by atoms with Gasteiger partial charge in [0.1, 0.15) is 0 Å². The predicted molar refractivity (Wildman–Crippen MR) is 24.9 cm³/mol. The molecule has 0 saturated heterocycles. The average Bonchev–Trinajstić information content (AvgIpc) is 1.91. The molecule has 1 rings (SSSR count). The SMILES string of the molecule is Cc1onnc1[S]. The lowest BCUT2D eigenvalue weighted by Gasteiger charge is -1.70. The topological polar surface area (TPSA) is 38.9 Å². The van der Waals surface area contributed by atoms with Crippen LogP contribution in [0.25, 0.3) is 0 Å². The maximum atomic E-state index is 4.62. The first-order chi connectivity index (χ1) is 3.30. The molecule has 0 aliphatic heterocycles. The minimum atomic E-state index is 0.444. The fourth-order valence-electron chi connectivity index (χ4n) is 0.228. The molecule has 4 heteroatoms. The maximum absolute atomic E-state index is 4.62. The fraction of sp³-hybridized carbons (Fsp3) is 0.333. The van der Waals surface area contributed by atoms with Crippen molar-refractivity contribution in [3.63, 3.8) is 0 Å². The molecule has 0 unspecified atom stereocenters. The normalized spacial score (nSPS) is 9.29. The second-order valence-electron chi connectivity index (χ2n) is 1.13. The molecule has 1 heterocycles. The van der Waals surface area contributed by atoms with Crippen LogP contribution in [0.15, 0.2) is 9.55 Å². The Morgan fingerprint density at radius 1 is 1.71 bits per heavy atom. The van der Waals surface area contributed by atoms with Crippen molar-refractivity contribution in [1.82, 2.24) is 10.4 Å². The Labute approximate surface area is 46.1 Å². The van der Waals surface area contributed by atoms with E-state index in [1.165, 1.54) is 0 Å². The molecule has 0 N–H and O–H groups in total. The third kappa shape index (κ3) is 0.691. The summed E-state index contributed by atoms with van der Waals surface area (Å²) in [6, 6.07) is 0. The van der Waals surface area contributed by atoms with E-state index < -0.39 is 0 Å². The van der Waals surface area contributed by atoms with Crippen molar-refractivity contribution in [2.45, 2.75) is 11.9 Å². The third-order valence-corrected chi connectivity index (χ3v) is 0.980. The van der Waals surface area contributed by atoms with Gasteiger partial charge in [0, 0.05) is 5.27 Å². The summed E-state index contributed by atoms with van der Waals surface area (Å²) in [5, 5.41) is 7.05. The van der Waals surface area contributed by atoms with Crippen molar-refractivity contribution >= 4 is 12.6 Å². The molecule has 0 bridgehead atoms. The van der Waals surface area contributed by atoms with Gasteiger partial charge in [-0.3, -0.25) is 0 Å². The number of hydrogen-bond donors (Lipinski definition) is 0. The van der Waals surface area contributed by atoms with E-state index in [1.54, 1.807) is 6.92 Å². The van der Waals surface area contributed by atoms with Crippen molar-refractivity contribution in [2.24, 2.45) is 0 Å². The van der Waals surface area contributed by atoms with Gasteiger partial charge in [-0.15, -0.1) is 0 Å². The molecule has 7 heavy (non-hydrogen) atoms. The van der Waals surface area contributed by atoms with E-state index in [0.29, 0.717) is 10.8 Å². The number of aryl methyl sites for hydroxylation is 1. The molecule has 0 atom stereocenters. The van der Waals surface area contributed by atoms with Gasteiger partial charge in [0.15, 0.2) is 10.8 Å². The number of nitrogens with zero attached hydrogens (tertiary/aromatic N) is 2. The third-order valence-electron chi connectivity index (χ3n) is 0.611. The van der Waals surface area contributed by atoms with E-state index in [4.69, 9.17) is 0 Å². The smallest absolute Gasteiger partial charge is 0.192 e. The van der Waals surface area contributed by atoms with Gasteiger partial charge in [-0.1, -0.05) is 17.7 Å². The number of hydrogen-bond acceptors (Lipinski definition) is 3. The number of aromatic nitrogens is 2. The molecule has 0 fully saturated rings. The Hall–Kier alpha value is -0.640. The van der Waals surface area contributed by atoms with Crippen LogP contribution < -0.4 is 0 Å². The highest BCUT2D eigenvalue weighted by atomic mass is 32.1. The molecule has 1 aromatic rings. The van der Waals surface area contributed by atoms with Crippen molar-refractivity contribution in [3.8, 4) is 0 Å². The van der Waals surface area contributed by atoms with Crippen LogP contribution >= 0.6 is 12.6 Å². The van der Waals surface area contributed by atoms with Crippen LogP contribution in [0.2, 0.25) is 0 Å². The van der Waals surface area contributed by atoms with Gasteiger partial charge in [-0.2, -0.15) is 0 Å². The average molecular weight is 115 g/mol. The van der Waals surface area contributed by atoms with E-state index in [9.17, 15) is 0 Å². The van der Waals surface area contributed by atoms with Crippen LogP contribution in [-0.4, -0.2) is 10.4 Å². The zero-order chi connectivity index (χ0) is 5.28. The van der Waals surface area contributed by atoms with Crippen LogP contribution in [0, 0.1) is 6.92 Å². The van der Waals surface area contributed by atoms with E-state index >= 15 is 0 Å². The van der Waals surface area contributed by atoms with E-state index in [0.717, 1.165) is 0 Å². The van der Waals surface area contributed by atoms with E-state index in [-0.39, 0.29) is 0 Å². The maximum Gasteiger partial charge on any atom is 0.192 e.